The third kappa shape index (κ3) is 27.4. The first-order valence-electron chi connectivity index (χ1n) is 43.9. The second kappa shape index (κ2) is 48.5. The SMILES string of the molecule is CC(C)(C)OC(=O)N1CCN(S(=O)(=O)c2cc(F)c(Oc3ccc(F)cc3)c(F)c2)[C@@H](C(=O)NO)C1.N#Cc1ccc(Oc2ccc(S(=O)(=O)N3CCN(C(=O)N4CCOCC4)C[C@@H]3C(=O)NO)cc2F)cc1.O=C(NO)[C@H]1CN(C(=O)N2CCOCC2)CCN1S(=O)(=O)c1ccc(Oc2ccc(Cl)cc2)c(F)c1.O=C(NO)[C@H]1CN(C(=O)N2CCOCC2)CCN1S(=O)(=O)c1ccc(Oc2ccc(F)cc2)c(F)c1. The lowest BCUT2D eigenvalue weighted by Crippen LogP contribution is -2.63. The molecule has 7 saturated heterocycles. The normalized spacial score (nSPS) is 18.5. The molecule has 8 aromatic carbocycles. The summed E-state index contributed by atoms with van der Waals surface area (Å²) < 4.78 is 252. The van der Waals surface area contributed by atoms with Gasteiger partial charge in [-0.05, 0) is 185 Å². The molecule has 7 fully saturated rings. The lowest BCUT2D eigenvalue weighted by Gasteiger charge is -2.41. The van der Waals surface area contributed by atoms with Gasteiger partial charge in [0.2, 0.25) is 40.1 Å². The van der Waals surface area contributed by atoms with Crippen LogP contribution in [0.25, 0.3) is 0 Å². The Morgan fingerprint density at radius 1 is 0.352 bits per heavy atom. The van der Waals surface area contributed by atoms with Crippen LogP contribution in [0.2, 0.25) is 5.02 Å². The second-order valence-corrected chi connectivity index (χ2v) is 41.2. The number of nitrogens with one attached hydrogen (secondary N) is 4. The average Bonchev–Trinajstić information content (AvgIpc) is 0.769. The van der Waals surface area contributed by atoms with E-state index in [4.69, 9.17) is 60.0 Å². The van der Waals surface area contributed by atoms with Gasteiger partial charge in [-0.2, -0.15) is 22.5 Å². The van der Waals surface area contributed by atoms with E-state index in [1.54, 1.807) is 42.7 Å². The van der Waals surface area contributed by atoms with Crippen LogP contribution in [0.3, 0.4) is 0 Å². The Balaban J connectivity index is 0.000000172. The highest BCUT2D eigenvalue weighted by molar-refractivity contribution is 7.90. The van der Waals surface area contributed by atoms with E-state index in [-0.39, 0.29) is 118 Å². The summed E-state index contributed by atoms with van der Waals surface area (Å²) in [5.41, 5.74) is 5.23. The summed E-state index contributed by atoms with van der Waals surface area (Å²) in [5.74, 6) is -12.0. The van der Waals surface area contributed by atoms with E-state index in [1.165, 1.54) is 90.1 Å². The lowest BCUT2D eigenvalue weighted by molar-refractivity contribution is -0.135. The monoisotopic (exact) mass is 2130 g/mol. The van der Waals surface area contributed by atoms with Gasteiger partial charge in [-0.1, -0.05) is 11.6 Å². The van der Waals surface area contributed by atoms with Crippen molar-refractivity contribution in [1.82, 2.24) is 73.4 Å². The third-order valence-corrected chi connectivity index (χ3v) is 30.6. The Kier molecular flexibility index (Phi) is 36.9. The van der Waals surface area contributed by atoms with Crippen molar-refractivity contribution in [2.24, 2.45) is 0 Å². The van der Waals surface area contributed by atoms with E-state index in [9.17, 15) is 118 Å². The Morgan fingerprint density at radius 2 is 0.614 bits per heavy atom. The molecule has 15 rings (SSSR count). The van der Waals surface area contributed by atoms with E-state index in [0.717, 1.165) is 109 Å². The number of carbonyl (C=O) groups excluding carboxylic acids is 8. The van der Waals surface area contributed by atoms with Crippen LogP contribution in [-0.2, 0) is 78.2 Å². The fourth-order valence-electron chi connectivity index (χ4n) is 15.3. The van der Waals surface area contributed by atoms with Crippen LogP contribution in [-0.4, -0.2) is 341 Å². The number of nitriles is 1. The maximum Gasteiger partial charge on any atom is 0.410 e. The number of piperazine rings is 4. The van der Waals surface area contributed by atoms with Gasteiger partial charge in [0.25, 0.3) is 23.6 Å². The number of urea groups is 3. The van der Waals surface area contributed by atoms with Crippen LogP contribution in [0.1, 0.15) is 26.3 Å². The summed E-state index contributed by atoms with van der Waals surface area (Å²) in [7, 11) is -17.9. The minimum absolute atomic E-state index is 0.00483. The van der Waals surface area contributed by atoms with Crippen molar-refractivity contribution in [3.8, 4) is 52.1 Å². The van der Waals surface area contributed by atoms with E-state index < -0.39 is 179 Å². The number of hydrogen-bond acceptors (Lipinski definition) is 29. The van der Waals surface area contributed by atoms with Gasteiger partial charge in [0.15, 0.2) is 52.1 Å². The molecule has 0 bridgehead atoms. The Morgan fingerprint density at radius 3 is 0.897 bits per heavy atom. The summed E-state index contributed by atoms with van der Waals surface area (Å²) in [5, 5.41) is 46.1. The minimum atomic E-state index is -4.69. The molecule has 8 N–H and O–H groups in total. The zero-order chi connectivity index (χ0) is 105. The van der Waals surface area contributed by atoms with Gasteiger partial charge in [0.05, 0.1) is 70.9 Å². The highest BCUT2D eigenvalue weighted by atomic mass is 35.5. The standard InChI is InChI=1S/C23H24FN5O7S.C22H24ClFN4O7S.C22H24F3N3O7S.C22H24F2N4O7S/c24-19-13-18(5-6-21(19)36-17-3-1-16(14-25)2-4-17)37(33,34)29-8-7-28(15-20(29)22(30)26-32)23(31)27-9-11-35-12-10-27;23-15-1-3-16(4-2-15)35-20-6-5-17(13-18(20)24)36(32,33)28-8-7-27(14-19(28)21(29)25-31)22(30)26-9-11-34-12-10-26;1-22(2,3)35-21(30)27-8-9-28(18(12-27)20(29)26-31)36(32,33)15-10-16(24)19(17(25)11-15)34-14-6-4-13(23)5-7-14;23-15-1-3-16(4-2-15)35-20-6-5-17(13-18(20)24)36(32,33)28-8-7-27(14-19(28)21(29)25-31)22(30)26-9-11-34-12-10-26/h1-6,13,20,32H,7-12,15H2,(H,26,30);1-6,13,19,31H,7-12,14H2,(H,25,29);4-7,10-11,18,31H,8-9,12H2,1-3H3,(H,26,29);1-6,13,19,31H,7-12,14H2,(H,25,29)/t20-;19-;18-;19-/m1111/s1. The number of nitrogens with zero attached hydrogens (tertiary/aromatic N) is 12. The number of carbonyl (C=O) groups is 8. The van der Waals surface area contributed by atoms with Crippen molar-refractivity contribution in [2.75, 3.05) is 157 Å². The lowest BCUT2D eigenvalue weighted by atomic mass is 10.2. The molecule has 8 aromatic rings. The molecule has 0 radical (unpaired) electrons. The summed E-state index contributed by atoms with van der Waals surface area (Å²) in [4.78, 5) is 108. The summed E-state index contributed by atoms with van der Waals surface area (Å²) in [6.45, 7) is 6.52. The molecule has 0 aliphatic carbocycles. The van der Waals surface area contributed by atoms with Crippen LogP contribution < -0.4 is 40.9 Å². The Bertz CT molecular complexity index is 6360. The number of halogens is 8. The van der Waals surface area contributed by atoms with Crippen molar-refractivity contribution >= 4 is 99.5 Å². The number of amides is 11. The molecule has 7 heterocycles. The van der Waals surface area contributed by atoms with E-state index in [1.807, 2.05) is 6.07 Å². The van der Waals surface area contributed by atoms with Gasteiger partial charge in [0, 0.05) is 123 Å². The number of rotatable bonds is 20. The molecule has 7 aliphatic rings. The zero-order valence-corrected chi connectivity index (χ0v) is 81.0. The number of benzene rings is 8. The van der Waals surface area contributed by atoms with Gasteiger partial charge in [0.1, 0.15) is 64.4 Å². The molecule has 44 nitrogen and oxygen atoms in total. The summed E-state index contributed by atoms with van der Waals surface area (Å²) >= 11 is 5.83. The summed E-state index contributed by atoms with van der Waals surface area (Å²) in [6.07, 6.45) is -0.810. The average molecular weight is 2130 g/mol. The molecule has 56 heteroatoms. The molecule has 780 valence electrons. The maximum atomic E-state index is 14.8. The van der Waals surface area contributed by atoms with Crippen LogP contribution in [0, 0.1) is 52.1 Å². The first-order chi connectivity index (χ1) is 68.9. The van der Waals surface area contributed by atoms with Gasteiger partial charge in [-0.3, -0.25) is 40.0 Å². The van der Waals surface area contributed by atoms with Gasteiger partial charge < -0.3 is 72.2 Å². The predicted molar refractivity (Wildman–Crippen MR) is 488 cm³/mol. The Hall–Kier alpha value is -13.4. The van der Waals surface area contributed by atoms with E-state index in [0.29, 0.717) is 112 Å². The van der Waals surface area contributed by atoms with Crippen molar-refractivity contribution < 1.29 is 161 Å². The molecule has 0 aromatic heterocycles. The molecule has 145 heavy (non-hydrogen) atoms. The molecule has 11 amide bonds. The molecule has 4 atom stereocenters. The topological polar surface area (TPSA) is 535 Å². The van der Waals surface area contributed by atoms with Crippen LogP contribution >= 0.6 is 11.6 Å². The van der Waals surface area contributed by atoms with Crippen LogP contribution in [0.15, 0.2) is 183 Å². The molecular weight excluding hydrogens is 2040 g/mol. The molecule has 7 aliphatic heterocycles. The van der Waals surface area contributed by atoms with Crippen LogP contribution in [0.4, 0.5) is 49.9 Å². The highest BCUT2D eigenvalue weighted by Crippen LogP contribution is 2.38. The minimum Gasteiger partial charge on any atom is -0.454 e. The molecule has 0 unspecified atom stereocenters. The number of hydrogen-bond donors (Lipinski definition) is 8. The quantitative estimate of drug-likeness (QED) is 0.0209. The largest absolute Gasteiger partial charge is 0.454 e. The molecule has 0 saturated carbocycles. The maximum absolute atomic E-state index is 14.8. The van der Waals surface area contributed by atoms with Crippen LogP contribution in [0.5, 0.6) is 46.0 Å². The van der Waals surface area contributed by atoms with Crippen molar-refractivity contribution in [3.63, 3.8) is 0 Å². The third-order valence-electron chi connectivity index (χ3n) is 22.7. The fraction of sp³-hybridized carbons (Fsp3) is 0.360. The first-order valence-corrected chi connectivity index (χ1v) is 50.0. The number of ether oxygens (including phenoxy) is 8. The number of sulfonamides is 4. The fourth-order valence-corrected chi connectivity index (χ4v) is 21.8. The number of morpholine rings is 3. The van der Waals surface area contributed by atoms with Gasteiger partial charge >= 0.3 is 24.2 Å². The smallest absolute Gasteiger partial charge is 0.410 e. The van der Waals surface area contributed by atoms with Crippen molar-refractivity contribution in [2.45, 2.75) is 70.1 Å². The van der Waals surface area contributed by atoms with Gasteiger partial charge in [-0.25, -0.2) is 106 Å². The Labute approximate surface area is 829 Å². The summed E-state index contributed by atoms with van der Waals surface area (Å²) in [6, 6.07) is 26.2. The molecular formula is C89H96ClF7N16O28S4. The van der Waals surface area contributed by atoms with E-state index >= 15 is 0 Å². The number of hydroxylamine groups is 4. The first kappa shape index (κ1) is 110. The van der Waals surface area contributed by atoms with Gasteiger partial charge in [-0.15, -0.1) is 0 Å². The second-order valence-electron chi connectivity index (χ2n) is 33.2. The predicted octanol–water partition coefficient (Wildman–Crippen LogP) is 7.43. The zero-order valence-electron chi connectivity index (χ0n) is 77.0. The van der Waals surface area contributed by atoms with Crippen molar-refractivity contribution in [1.29, 1.82) is 5.26 Å². The molecule has 0 spiro atoms. The van der Waals surface area contributed by atoms with Crippen molar-refractivity contribution in [3.05, 3.63) is 215 Å². The van der Waals surface area contributed by atoms with E-state index in [2.05, 4.69) is 0 Å². The highest BCUT2D eigenvalue weighted by Gasteiger charge is 2.48.